The Morgan fingerprint density at radius 1 is 1.32 bits per heavy atom. The second kappa shape index (κ2) is 6.23. The van der Waals surface area contributed by atoms with Gasteiger partial charge in [-0.15, -0.1) is 0 Å². The monoisotopic (exact) mass is 341 g/mol. The maximum atomic E-state index is 13.3. The van der Waals surface area contributed by atoms with Crippen molar-refractivity contribution >= 4 is 5.91 Å². The zero-order valence-electron chi connectivity index (χ0n) is 14.8. The smallest absolute Gasteiger partial charge is 0.257 e. The molecular weight excluding hydrogens is 318 g/mol. The maximum Gasteiger partial charge on any atom is 0.257 e. The number of furan rings is 1. The average Bonchev–Trinajstić information content (AvgIpc) is 3.15. The van der Waals surface area contributed by atoms with Gasteiger partial charge in [-0.1, -0.05) is 18.2 Å². The molecule has 1 fully saturated rings. The Morgan fingerprint density at radius 2 is 2.12 bits per heavy atom. The van der Waals surface area contributed by atoms with E-state index in [2.05, 4.69) is 6.07 Å². The van der Waals surface area contributed by atoms with Gasteiger partial charge < -0.3 is 18.8 Å². The Hall–Kier alpha value is -2.27. The fourth-order valence-corrected chi connectivity index (χ4v) is 4.26. The number of hydrogen-bond acceptors (Lipinski definition) is 4. The van der Waals surface area contributed by atoms with Gasteiger partial charge in [0.25, 0.3) is 5.91 Å². The third-order valence-electron chi connectivity index (χ3n) is 5.36. The highest BCUT2D eigenvalue weighted by Gasteiger charge is 2.48. The minimum atomic E-state index is 0.0206. The Kier molecular flexibility index (Phi) is 4.04. The molecule has 1 aromatic carbocycles. The minimum Gasteiger partial charge on any atom is -0.493 e. The Bertz CT molecular complexity index is 797. The van der Waals surface area contributed by atoms with Gasteiger partial charge in [0.05, 0.1) is 24.8 Å². The van der Waals surface area contributed by atoms with Crippen LogP contribution in [-0.2, 0) is 4.74 Å². The molecule has 0 spiro atoms. The molecule has 0 N–H and O–H groups in total. The average molecular weight is 341 g/mol. The van der Waals surface area contributed by atoms with E-state index in [4.69, 9.17) is 13.9 Å². The summed E-state index contributed by atoms with van der Waals surface area (Å²) in [5, 5.41) is 0. The topological polar surface area (TPSA) is 51.9 Å². The van der Waals surface area contributed by atoms with Crippen LogP contribution >= 0.6 is 0 Å². The summed E-state index contributed by atoms with van der Waals surface area (Å²) in [6.07, 6.45) is 0. The lowest BCUT2D eigenvalue weighted by Crippen LogP contribution is -2.35. The van der Waals surface area contributed by atoms with Crippen LogP contribution in [-0.4, -0.2) is 37.7 Å². The van der Waals surface area contributed by atoms with E-state index in [0.29, 0.717) is 31.1 Å². The molecule has 0 bridgehead atoms. The van der Waals surface area contributed by atoms with Crippen molar-refractivity contribution in [3.05, 3.63) is 53.0 Å². The van der Waals surface area contributed by atoms with Crippen LogP contribution in [0.1, 0.15) is 33.5 Å². The molecule has 25 heavy (non-hydrogen) atoms. The van der Waals surface area contributed by atoms with Crippen LogP contribution in [0.2, 0.25) is 0 Å². The molecule has 3 heterocycles. The fraction of sp³-hybridized carbons (Fsp3) is 0.450. The highest BCUT2D eigenvalue weighted by atomic mass is 16.5. The second-order valence-electron chi connectivity index (χ2n) is 6.96. The number of ether oxygens (including phenoxy) is 2. The highest BCUT2D eigenvalue weighted by molar-refractivity contribution is 5.96. The first-order valence-corrected chi connectivity index (χ1v) is 8.68. The molecule has 0 saturated carbocycles. The van der Waals surface area contributed by atoms with E-state index in [0.717, 1.165) is 17.1 Å². The number of methoxy groups -OCH3 is 1. The standard InChI is InChI=1S/C20H23NO4/c1-12-8-16(13(2)25-12)20(22)21-9-14(10-23-3)17-11-24-18-7-5-4-6-15(18)19(17)21/h4-8,14,17,19H,9-11H2,1-3H3/t14-,17-,19-/m0/s1. The van der Waals surface area contributed by atoms with Crippen LogP contribution in [0.15, 0.2) is 34.7 Å². The van der Waals surface area contributed by atoms with E-state index in [1.807, 2.05) is 43.0 Å². The summed E-state index contributed by atoms with van der Waals surface area (Å²) in [5.74, 6) is 2.85. The van der Waals surface area contributed by atoms with Crippen LogP contribution < -0.4 is 4.74 Å². The van der Waals surface area contributed by atoms with Crippen LogP contribution in [0.3, 0.4) is 0 Å². The maximum absolute atomic E-state index is 13.3. The van der Waals surface area contributed by atoms with Crippen LogP contribution in [0.5, 0.6) is 5.75 Å². The number of rotatable bonds is 3. The number of nitrogens with zero attached hydrogens (tertiary/aromatic N) is 1. The van der Waals surface area contributed by atoms with Crippen molar-refractivity contribution in [3.63, 3.8) is 0 Å². The first-order valence-electron chi connectivity index (χ1n) is 8.68. The number of fused-ring (bicyclic) bond motifs is 3. The molecular formula is C20H23NO4. The molecule has 0 unspecified atom stereocenters. The van der Waals surface area contributed by atoms with Crippen LogP contribution in [0.4, 0.5) is 0 Å². The molecule has 0 aliphatic carbocycles. The molecule has 2 aromatic rings. The van der Waals surface area contributed by atoms with Crippen molar-refractivity contribution in [2.24, 2.45) is 11.8 Å². The number of hydrogen-bond donors (Lipinski definition) is 0. The van der Waals surface area contributed by atoms with E-state index in [1.165, 1.54) is 0 Å². The molecule has 5 nitrogen and oxygen atoms in total. The van der Waals surface area contributed by atoms with Crippen molar-refractivity contribution in [1.29, 1.82) is 0 Å². The van der Waals surface area contributed by atoms with Crippen molar-refractivity contribution in [2.45, 2.75) is 19.9 Å². The number of para-hydroxylation sites is 1. The lowest BCUT2D eigenvalue weighted by atomic mass is 9.85. The number of aryl methyl sites for hydroxylation is 2. The van der Waals surface area contributed by atoms with Gasteiger partial charge in [0.1, 0.15) is 17.3 Å². The minimum absolute atomic E-state index is 0.0206. The third kappa shape index (κ3) is 2.63. The van der Waals surface area contributed by atoms with Gasteiger partial charge in [0.15, 0.2) is 0 Å². The number of carbonyl (C=O) groups is 1. The molecule has 1 aromatic heterocycles. The van der Waals surface area contributed by atoms with Gasteiger partial charge in [-0.05, 0) is 26.0 Å². The fourth-order valence-electron chi connectivity index (χ4n) is 4.26. The molecule has 4 rings (SSSR count). The predicted molar refractivity (Wildman–Crippen MR) is 92.8 cm³/mol. The summed E-state index contributed by atoms with van der Waals surface area (Å²) in [4.78, 5) is 15.3. The highest BCUT2D eigenvalue weighted by Crippen LogP contribution is 2.47. The molecule has 1 saturated heterocycles. The molecule has 3 atom stereocenters. The van der Waals surface area contributed by atoms with Crippen molar-refractivity contribution in [3.8, 4) is 5.75 Å². The zero-order valence-corrected chi connectivity index (χ0v) is 14.8. The molecule has 5 heteroatoms. The van der Waals surface area contributed by atoms with Gasteiger partial charge in [-0.2, -0.15) is 0 Å². The second-order valence-corrected chi connectivity index (χ2v) is 6.96. The normalized spacial score (nSPS) is 24.6. The Labute approximate surface area is 147 Å². The molecule has 2 aliphatic rings. The zero-order chi connectivity index (χ0) is 17.6. The molecule has 0 radical (unpaired) electrons. The van der Waals surface area contributed by atoms with Crippen molar-refractivity contribution in [2.75, 3.05) is 26.9 Å². The van der Waals surface area contributed by atoms with Gasteiger partial charge in [0, 0.05) is 31.1 Å². The SMILES string of the molecule is COC[C@@H]1CN(C(=O)c2cc(C)oc2C)[C@H]2c3ccccc3OC[C@@H]12. The summed E-state index contributed by atoms with van der Waals surface area (Å²) >= 11 is 0. The first-order chi connectivity index (χ1) is 12.1. The van der Waals surface area contributed by atoms with Crippen molar-refractivity contribution in [1.82, 2.24) is 4.90 Å². The third-order valence-corrected chi connectivity index (χ3v) is 5.36. The lowest BCUT2D eigenvalue weighted by molar-refractivity contribution is 0.0670. The lowest BCUT2D eigenvalue weighted by Gasteiger charge is -2.34. The summed E-state index contributed by atoms with van der Waals surface area (Å²) in [6, 6.07) is 9.87. The number of likely N-dealkylation sites (tertiary alicyclic amines) is 1. The Balaban J connectivity index is 1.74. The van der Waals surface area contributed by atoms with Gasteiger partial charge in [0.2, 0.25) is 0 Å². The summed E-state index contributed by atoms with van der Waals surface area (Å²) < 4.78 is 17.0. The van der Waals surface area contributed by atoms with E-state index in [9.17, 15) is 4.79 Å². The largest absolute Gasteiger partial charge is 0.493 e. The molecule has 2 aliphatic heterocycles. The van der Waals surface area contributed by atoms with Gasteiger partial charge in [-0.3, -0.25) is 4.79 Å². The Morgan fingerprint density at radius 3 is 2.84 bits per heavy atom. The summed E-state index contributed by atoms with van der Waals surface area (Å²) in [6.45, 7) is 5.62. The van der Waals surface area contributed by atoms with E-state index < -0.39 is 0 Å². The van der Waals surface area contributed by atoms with E-state index in [1.54, 1.807) is 7.11 Å². The molecule has 132 valence electrons. The van der Waals surface area contributed by atoms with E-state index >= 15 is 0 Å². The first kappa shape index (κ1) is 16.2. The number of benzene rings is 1. The summed E-state index contributed by atoms with van der Waals surface area (Å²) in [5.41, 5.74) is 1.74. The van der Waals surface area contributed by atoms with Crippen molar-refractivity contribution < 1.29 is 18.7 Å². The van der Waals surface area contributed by atoms with Crippen LogP contribution in [0, 0.1) is 25.7 Å². The van der Waals surface area contributed by atoms with E-state index in [-0.39, 0.29) is 23.8 Å². The predicted octanol–water partition coefficient (Wildman–Crippen LogP) is 3.36. The summed E-state index contributed by atoms with van der Waals surface area (Å²) in [7, 11) is 1.71. The quantitative estimate of drug-likeness (QED) is 0.859. The number of amides is 1. The molecule has 1 amide bonds. The van der Waals surface area contributed by atoms with Gasteiger partial charge >= 0.3 is 0 Å². The number of carbonyl (C=O) groups excluding carboxylic acids is 1. The van der Waals surface area contributed by atoms with Gasteiger partial charge in [-0.25, -0.2) is 0 Å². The van der Waals surface area contributed by atoms with Crippen LogP contribution in [0.25, 0.3) is 0 Å².